The second-order valence-corrected chi connectivity index (χ2v) is 3.72. The number of rotatable bonds is 3. The van der Waals surface area contributed by atoms with Crippen molar-refractivity contribution in [2.45, 2.75) is 19.4 Å². The van der Waals surface area contributed by atoms with Crippen LogP contribution in [0.25, 0.3) is 0 Å². The molecule has 2 atom stereocenters. The van der Waals surface area contributed by atoms with Crippen LogP contribution in [0.3, 0.4) is 0 Å². The molecule has 1 aliphatic rings. The molecule has 78 valence electrons. The number of aliphatic hydroxyl groups is 1. The Hall–Kier alpha value is -0.225. The van der Waals surface area contributed by atoms with Gasteiger partial charge in [-0.25, -0.2) is 0 Å². The first kappa shape index (κ1) is 10.9. The van der Waals surface area contributed by atoms with Crippen LogP contribution in [0.2, 0.25) is 0 Å². The maximum atomic E-state index is 12.1. The van der Waals surface area contributed by atoms with Gasteiger partial charge in [0.1, 0.15) is 0 Å². The fourth-order valence-corrected chi connectivity index (χ4v) is 1.88. The second-order valence-electron chi connectivity index (χ2n) is 3.72. The quantitative estimate of drug-likeness (QED) is 0.682. The Labute approximate surface area is 75.8 Å². The normalized spacial score (nSPS) is 31.2. The van der Waals surface area contributed by atoms with Crippen molar-refractivity contribution in [2.75, 3.05) is 19.6 Å². The predicted octanol–water partition coefficient (Wildman–Crippen LogP) is 1.08. The standard InChI is InChI=1S/C7H14BF3NO/c1-6-2-3-12(7(6)4-13)5-8(9,10)11/h6-7,13H,2-5H2,1H3/q-1. The summed E-state index contributed by atoms with van der Waals surface area (Å²) in [5.74, 6) is 0.170. The van der Waals surface area contributed by atoms with Gasteiger partial charge in [0.25, 0.3) is 0 Å². The summed E-state index contributed by atoms with van der Waals surface area (Å²) >= 11 is 0. The summed E-state index contributed by atoms with van der Waals surface area (Å²) in [7, 11) is 0. The first-order chi connectivity index (χ1) is 5.94. The highest BCUT2D eigenvalue weighted by molar-refractivity contribution is 6.58. The van der Waals surface area contributed by atoms with Gasteiger partial charge < -0.3 is 23.0 Å². The van der Waals surface area contributed by atoms with Crippen LogP contribution in [0.5, 0.6) is 0 Å². The molecule has 2 nitrogen and oxygen atoms in total. The Bertz CT molecular complexity index is 176. The lowest BCUT2D eigenvalue weighted by Crippen LogP contribution is -2.43. The van der Waals surface area contributed by atoms with E-state index in [4.69, 9.17) is 5.11 Å². The highest BCUT2D eigenvalue weighted by Gasteiger charge is 2.35. The minimum Gasteiger partial charge on any atom is -0.448 e. The molecule has 0 saturated carbocycles. The summed E-state index contributed by atoms with van der Waals surface area (Å²) in [6, 6.07) is -0.302. The van der Waals surface area contributed by atoms with E-state index in [1.54, 1.807) is 0 Å². The largest absolute Gasteiger partial charge is 0.492 e. The van der Waals surface area contributed by atoms with Crippen molar-refractivity contribution in [2.24, 2.45) is 5.92 Å². The molecular weight excluding hydrogens is 182 g/mol. The summed E-state index contributed by atoms with van der Waals surface area (Å²) < 4.78 is 36.3. The maximum absolute atomic E-state index is 12.1. The third-order valence-corrected chi connectivity index (χ3v) is 2.63. The molecule has 1 fully saturated rings. The SMILES string of the molecule is CC1CCN(C[B-](F)(F)F)C1CO. The Morgan fingerprint density at radius 3 is 2.54 bits per heavy atom. The van der Waals surface area contributed by atoms with Crippen LogP contribution in [0.1, 0.15) is 13.3 Å². The van der Waals surface area contributed by atoms with E-state index in [0.29, 0.717) is 6.54 Å². The molecule has 0 amide bonds. The molecule has 13 heavy (non-hydrogen) atoms. The molecule has 0 aromatic rings. The van der Waals surface area contributed by atoms with E-state index in [-0.39, 0.29) is 18.6 Å². The first-order valence-electron chi connectivity index (χ1n) is 4.50. The summed E-state index contributed by atoms with van der Waals surface area (Å²) in [4.78, 5) is 1.34. The molecule has 1 aliphatic heterocycles. The van der Waals surface area contributed by atoms with Crippen LogP contribution in [0, 0.1) is 5.92 Å². The Balaban J connectivity index is 2.51. The predicted molar refractivity (Wildman–Crippen MR) is 45.3 cm³/mol. The average molecular weight is 196 g/mol. The van der Waals surface area contributed by atoms with Crippen molar-refractivity contribution in [3.05, 3.63) is 0 Å². The molecule has 2 unspecified atom stereocenters. The molecule has 1 heterocycles. The Morgan fingerprint density at radius 2 is 2.08 bits per heavy atom. The third kappa shape index (κ3) is 2.88. The van der Waals surface area contributed by atoms with Crippen LogP contribution in [-0.4, -0.2) is 42.6 Å². The fourth-order valence-electron chi connectivity index (χ4n) is 1.88. The molecule has 0 spiro atoms. The summed E-state index contributed by atoms with van der Waals surface area (Å²) in [6.45, 7) is -2.60. The minimum absolute atomic E-state index is 0.170. The van der Waals surface area contributed by atoms with Crippen LogP contribution in [-0.2, 0) is 0 Å². The summed E-state index contributed by atoms with van der Waals surface area (Å²) in [5, 5.41) is 8.90. The van der Waals surface area contributed by atoms with E-state index >= 15 is 0 Å². The molecule has 6 heteroatoms. The van der Waals surface area contributed by atoms with E-state index in [1.807, 2.05) is 6.92 Å². The van der Waals surface area contributed by atoms with Gasteiger partial charge in [0.15, 0.2) is 0 Å². The van der Waals surface area contributed by atoms with E-state index in [9.17, 15) is 12.9 Å². The van der Waals surface area contributed by atoms with Crippen molar-refractivity contribution < 1.29 is 18.1 Å². The molecule has 1 saturated heterocycles. The Kier molecular flexibility index (Phi) is 3.24. The molecule has 1 N–H and O–H groups in total. The van der Waals surface area contributed by atoms with Gasteiger partial charge in [-0.05, 0) is 25.3 Å². The number of hydrogen-bond donors (Lipinski definition) is 1. The van der Waals surface area contributed by atoms with Crippen LogP contribution in [0.4, 0.5) is 12.9 Å². The molecule has 0 aromatic heterocycles. The number of likely N-dealkylation sites (tertiary alicyclic amines) is 1. The van der Waals surface area contributed by atoms with E-state index < -0.39 is 13.4 Å². The number of hydrogen-bond acceptors (Lipinski definition) is 2. The average Bonchev–Trinajstić information content (AvgIpc) is 2.28. The van der Waals surface area contributed by atoms with Crippen molar-refractivity contribution >= 4 is 6.98 Å². The third-order valence-electron chi connectivity index (χ3n) is 2.63. The number of nitrogens with zero attached hydrogens (tertiary/aromatic N) is 1. The van der Waals surface area contributed by atoms with Gasteiger partial charge in [0.05, 0.1) is 6.61 Å². The lowest BCUT2D eigenvalue weighted by atomic mass is 9.90. The number of halogens is 3. The van der Waals surface area contributed by atoms with Crippen molar-refractivity contribution in [3.63, 3.8) is 0 Å². The lowest BCUT2D eigenvalue weighted by molar-refractivity contribution is 0.145. The molecule has 0 aliphatic carbocycles. The lowest BCUT2D eigenvalue weighted by Gasteiger charge is -2.29. The van der Waals surface area contributed by atoms with Gasteiger partial charge in [-0.2, -0.15) is 0 Å². The molecule has 0 bridgehead atoms. The molecule has 1 rings (SSSR count). The van der Waals surface area contributed by atoms with Gasteiger partial charge in [0, 0.05) is 6.04 Å². The van der Waals surface area contributed by atoms with Crippen LogP contribution < -0.4 is 0 Å². The van der Waals surface area contributed by atoms with Crippen molar-refractivity contribution in [1.82, 2.24) is 4.90 Å². The Morgan fingerprint density at radius 1 is 1.46 bits per heavy atom. The number of aliphatic hydroxyl groups excluding tert-OH is 1. The fraction of sp³-hybridized carbons (Fsp3) is 1.00. The van der Waals surface area contributed by atoms with Gasteiger partial charge in [-0.15, -0.1) is 0 Å². The van der Waals surface area contributed by atoms with Crippen LogP contribution in [0.15, 0.2) is 0 Å². The summed E-state index contributed by atoms with van der Waals surface area (Å²) in [6.07, 6.45) is -0.0903. The van der Waals surface area contributed by atoms with Gasteiger partial charge in [0.2, 0.25) is 0 Å². The summed E-state index contributed by atoms with van der Waals surface area (Å²) in [5.41, 5.74) is 0. The molecule has 0 radical (unpaired) electrons. The van der Waals surface area contributed by atoms with Crippen molar-refractivity contribution in [3.8, 4) is 0 Å². The van der Waals surface area contributed by atoms with Gasteiger partial charge >= 0.3 is 6.98 Å². The molecular formula is C7H14BF3NO-. The zero-order valence-electron chi connectivity index (χ0n) is 7.59. The van der Waals surface area contributed by atoms with Gasteiger partial charge in [-0.3, -0.25) is 0 Å². The zero-order valence-corrected chi connectivity index (χ0v) is 7.59. The topological polar surface area (TPSA) is 23.5 Å². The molecule has 0 aromatic carbocycles. The van der Waals surface area contributed by atoms with E-state index in [1.165, 1.54) is 4.90 Å². The second kappa shape index (κ2) is 3.88. The monoisotopic (exact) mass is 196 g/mol. The van der Waals surface area contributed by atoms with Gasteiger partial charge in [-0.1, -0.05) is 6.92 Å². The minimum atomic E-state index is -4.76. The van der Waals surface area contributed by atoms with E-state index in [2.05, 4.69) is 0 Å². The van der Waals surface area contributed by atoms with Crippen molar-refractivity contribution in [1.29, 1.82) is 0 Å². The maximum Gasteiger partial charge on any atom is 0.492 e. The highest BCUT2D eigenvalue weighted by Crippen LogP contribution is 2.25. The first-order valence-corrected chi connectivity index (χ1v) is 4.50. The van der Waals surface area contributed by atoms with E-state index in [0.717, 1.165) is 6.42 Å². The van der Waals surface area contributed by atoms with Crippen LogP contribution >= 0.6 is 0 Å². The smallest absolute Gasteiger partial charge is 0.448 e. The highest BCUT2D eigenvalue weighted by atomic mass is 19.4. The zero-order chi connectivity index (χ0) is 10.1.